The molecule has 2 heterocycles. The highest BCUT2D eigenvalue weighted by Gasteiger charge is 2.15. The summed E-state index contributed by atoms with van der Waals surface area (Å²) in [7, 11) is 3.48. The molecule has 1 atom stereocenters. The van der Waals surface area contributed by atoms with E-state index in [1.165, 1.54) is 18.0 Å². The Bertz CT molecular complexity index is 470. The van der Waals surface area contributed by atoms with Crippen molar-refractivity contribution in [1.29, 1.82) is 0 Å². The molecule has 1 aliphatic heterocycles. The second-order valence-corrected chi connectivity index (χ2v) is 6.40. The van der Waals surface area contributed by atoms with Crippen LogP contribution in [0.1, 0.15) is 25.5 Å². The topological polar surface area (TPSA) is 61.8 Å². The van der Waals surface area contributed by atoms with E-state index in [1.807, 2.05) is 0 Å². The van der Waals surface area contributed by atoms with Crippen molar-refractivity contribution < 1.29 is 4.74 Å². The first kappa shape index (κ1) is 17.0. The van der Waals surface area contributed by atoms with Crippen LogP contribution in [0.4, 0.5) is 5.13 Å². The summed E-state index contributed by atoms with van der Waals surface area (Å²) in [5.74, 6) is 0.805. The van der Waals surface area contributed by atoms with Gasteiger partial charge >= 0.3 is 0 Å². The summed E-state index contributed by atoms with van der Waals surface area (Å²) in [5, 5.41) is 9.95. The van der Waals surface area contributed by atoms with Crippen LogP contribution in [-0.4, -0.2) is 57.4 Å². The number of guanidine groups is 1. The summed E-state index contributed by atoms with van der Waals surface area (Å²) >= 11 is 1.75. The van der Waals surface area contributed by atoms with Gasteiger partial charge in [-0.05, 0) is 19.8 Å². The summed E-state index contributed by atoms with van der Waals surface area (Å²) in [5.41, 5.74) is 1.15. The molecule has 6 nitrogen and oxygen atoms in total. The van der Waals surface area contributed by atoms with Gasteiger partial charge in [-0.25, -0.2) is 4.98 Å². The first-order chi connectivity index (χ1) is 10.7. The number of thiazole rings is 1. The Kier molecular flexibility index (Phi) is 6.92. The first-order valence-electron chi connectivity index (χ1n) is 7.88. The lowest BCUT2D eigenvalue weighted by atomic mass is 10.3. The molecule has 2 rings (SSSR count). The number of anilines is 1. The van der Waals surface area contributed by atoms with E-state index in [4.69, 9.17) is 9.72 Å². The van der Waals surface area contributed by atoms with Gasteiger partial charge in [0, 0.05) is 51.6 Å². The maximum absolute atomic E-state index is 5.12. The predicted octanol–water partition coefficient (Wildman–Crippen LogP) is 1.49. The van der Waals surface area contributed by atoms with Crippen molar-refractivity contribution >= 4 is 22.4 Å². The standard InChI is InChI=1S/C15H27N5OS/c1-12(10-21-3)18-14(16-2)17-7-6-13-11-22-15(19-13)20-8-4-5-9-20/h11-12H,4-10H2,1-3H3,(H2,16,17,18). The van der Waals surface area contributed by atoms with Crippen molar-refractivity contribution in [3.8, 4) is 0 Å². The minimum atomic E-state index is 0.234. The van der Waals surface area contributed by atoms with Crippen LogP contribution in [0.5, 0.6) is 0 Å². The Morgan fingerprint density at radius 1 is 1.50 bits per heavy atom. The Labute approximate surface area is 137 Å². The molecule has 0 aromatic carbocycles. The molecule has 1 aliphatic rings. The van der Waals surface area contributed by atoms with Crippen LogP contribution in [0.3, 0.4) is 0 Å². The van der Waals surface area contributed by atoms with E-state index in [0.717, 1.165) is 37.7 Å². The van der Waals surface area contributed by atoms with Gasteiger partial charge in [-0.3, -0.25) is 4.99 Å². The molecule has 1 saturated heterocycles. The number of aromatic nitrogens is 1. The molecular formula is C15H27N5OS. The fourth-order valence-corrected chi connectivity index (χ4v) is 3.41. The van der Waals surface area contributed by atoms with Crippen molar-refractivity contribution in [2.24, 2.45) is 4.99 Å². The molecule has 1 unspecified atom stereocenters. The highest BCUT2D eigenvalue weighted by molar-refractivity contribution is 7.13. The number of hydrogen-bond donors (Lipinski definition) is 2. The third-order valence-electron chi connectivity index (χ3n) is 3.61. The molecule has 1 aromatic heterocycles. The second-order valence-electron chi connectivity index (χ2n) is 5.57. The summed E-state index contributed by atoms with van der Waals surface area (Å²) < 4.78 is 5.12. The average molecular weight is 325 g/mol. The molecule has 1 aromatic rings. The summed E-state index contributed by atoms with van der Waals surface area (Å²) in [6.07, 6.45) is 3.49. The van der Waals surface area contributed by atoms with Gasteiger partial charge in [0.2, 0.25) is 0 Å². The van der Waals surface area contributed by atoms with Gasteiger partial charge in [-0.2, -0.15) is 0 Å². The number of nitrogens with zero attached hydrogens (tertiary/aromatic N) is 3. The lowest BCUT2D eigenvalue weighted by molar-refractivity contribution is 0.179. The van der Waals surface area contributed by atoms with Gasteiger partial charge in [0.25, 0.3) is 0 Å². The molecule has 1 fully saturated rings. The highest BCUT2D eigenvalue weighted by Crippen LogP contribution is 2.24. The van der Waals surface area contributed by atoms with Crippen LogP contribution in [0.25, 0.3) is 0 Å². The molecular weight excluding hydrogens is 298 g/mol. The zero-order valence-corrected chi connectivity index (χ0v) is 14.6. The van der Waals surface area contributed by atoms with E-state index in [1.54, 1.807) is 25.5 Å². The van der Waals surface area contributed by atoms with E-state index in [9.17, 15) is 0 Å². The molecule has 0 spiro atoms. The van der Waals surface area contributed by atoms with Crippen LogP contribution in [0.2, 0.25) is 0 Å². The van der Waals surface area contributed by atoms with E-state index in [2.05, 4.69) is 32.8 Å². The molecule has 0 radical (unpaired) electrons. The van der Waals surface area contributed by atoms with E-state index < -0.39 is 0 Å². The Morgan fingerprint density at radius 3 is 2.95 bits per heavy atom. The number of methoxy groups -OCH3 is 1. The Morgan fingerprint density at radius 2 is 2.27 bits per heavy atom. The molecule has 0 saturated carbocycles. The molecule has 124 valence electrons. The molecule has 0 aliphatic carbocycles. The molecule has 0 amide bonds. The quantitative estimate of drug-likeness (QED) is 0.587. The van der Waals surface area contributed by atoms with Gasteiger partial charge in [-0.15, -0.1) is 11.3 Å². The normalized spacial score (nSPS) is 16.9. The Balaban J connectivity index is 1.73. The SMILES string of the molecule is CN=C(NCCc1csc(N2CCCC2)n1)NC(C)COC. The number of ether oxygens (including phenoxy) is 1. The largest absolute Gasteiger partial charge is 0.383 e. The molecule has 7 heteroatoms. The number of rotatable bonds is 7. The van der Waals surface area contributed by atoms with Crippen LogP contribution >= 0.6 is 11.3 Å². The van der Waals surface area contributed by atoms with E-state index in [0.29, 0.717) is 6.61 Å². The monoisotopic (exact) mass is 325 g/mol. The van der Waals surface area contributed by atoms with Crippen molar-refractivity contribution in [2.45, 2.75) is 32.2 Å². The van der Waals surface area contributed by atoms with Crippen molar-refractivity contribution in [1.82, 2.24) is 15.6 Å². The van der Waals surface area contributed by atoms with E-state index in [-0.39, 0.29) is 6.04 Å². The van der Waals surface area contributed by atoms with Gasteiger partial charge in [0.1, 0.15) is 0 Å². The second kappa shape index (κ2) is 8.95. The third kappa shape index (κ3) is 5.14. The van der Waals surface area contributed by atoms with Crippen molar-refractivity contribution in [3.05, 3.63) is 11.1 Å². The smallest absolute Gasteiger partial charge is 0.191 e. The lowest BCUT2D eigenvalue weighted by Crippen LogP contribution is -2.44. The van der Waals surface area contributed by atoms with Crippen molar-refractivity contribution in [2.75, 3.05) is 45.3 Å². The summed E-state index contributed by atoms with van der Waals surface area (Å²) in [4.78, 5) is 11.3. The van der Waals surface area contributed by atoms with Gasteiger partial charge < -0.3 is 20.3 Å². The average Bonchev–Trinajstić information content (AvgIpc) is 3.17. The summed E-state index contributed by atoms with van der Waals surface area (Å²) in [6.45, 7) is 5.85. The van der Waals surface area contributed by atoms with Gasteiger partial charge in [0.15, 0.2) is 11.1 Å². The van der Waals surface area contributed by atoms with Crippen molar-refractivity contribution in [3.63, 3.8) is 0 Å². The maximum Gasteiger partial charge on any atom is 0.191 e. The maximum atomic E-state index is 5.12. The highest BCUT2D eigenvalue weighted by atomic mass is 32.1. The van der Waals surface area contributed by atoms with Crippen LogP contribution in [0, 0.1) is 0 Å². The molecule has 2 N–H and O–H groups in total. The van der Waals surface area contributed by atoms with Crippen LogP contribution in [0.15, 0.2) is 10.4 Å². The zero-order valence-electron chi connectivity index (χ0n) is 13.8. The Hall–Kier alpha value is -1.34. The van der Waals surface area contributed by atoms with E-state index >= 15 is 0 Å². The fraction of sp³-hybridized carbons (Fsp3) is 0.733. The minimum absolute atomic E-state index is 0.234. The predicted molar refractivity (Wildman–Crippen MR) is 93.1 cm³/mol. The van der Waals surface area contributed by atoms with Gasteiger partial charge in [0.05, 0.1) is 12.3 Å². The third-order valence-corrected chi connectivity index (χ3v) is 4.56. The number of aliphatic imine (C=N–C) groups is 1. The molecule has 22 heavy (non-hydrogen) atoms. The summed E-state index contributed by atoms with van der Waals surface area (Å²) in [6, 6.07) is 0.234. The van der Waals surface area contributed by atoms with Crippen LogP contribution in [-0.2, 0) is 11.2 Å². The minimum Gasteiger partial charge on any atom is -0.383 e. The fourth-order valence-electron chi connectivity index (χ4n) is 2.49. The zero-order chi connectivity index (χ0) is 15.8. The number of nitrogens with one attached hydrogen (secondary N) is 2. The number of hydrogen-bond acceptors (Lipinski definition) is 5. The lowest BCUT2D eigenvalue weighted by Gasteiger charge is -2.16. The van der Waals surface area contributed by atoms with Crippen LogP contribution < -0.4 is 15.5 Å². The first-order valence-corrected chi connectivity index (χ1v) is 8.76. The van der Waals surface area contributed by atoms with Gasteiger partial charge in [-0.1, -0.05) is 0 Å². The molecule has 0 bridgehead atoms.